The molecule has 30 heavy (non-hydrogen) atoms. The van der Waals surface area contributed by atoms with Crippen LogP contribution in [0, 0.1) is 6.92 Å². The van der Waals surface area contributed by atoms with Crippen LogP contribution in [0.2, 0.25) is 0 Å². The summed E-state index contributed by atoms with van der Waals surface area (Å²) in [6.45, 7) is 3.44. The van der Waals surface area contributed by atoms with E-state index in [0.717, 1.165) is 25.1 Å². The highest BCUT2D eigenvalue weighted by Crippen LogP contribution is 2.11. The number of carbonyl (C=O) groups is 2. The van der Waals surface area contributed by atoms with Gasteiger partial charge >= 0.3 is 17.2 Å². The molecule has 0 atom stereocenters. The van der Waals surface area contributed by atoms with Crippen molar-refractivity contribution in [3.8, 4) is 0 Å². The Balaban J connectivity index is 1.94. The fraction of sp³-hybridized carbons (Fsp3) is 0.190. The molecule has 3 aromatic rings. The summed E-state index contributed by atoms with van der Waals surface area (Å²) in [5.41, 5.74) is 1.30. The summed E-state index contributed by atoms with van der Waals surface area (Å²) in [4.78, 5) is 38.6. The Bertz CT molecular complexity index is 1150. The quantitative estimate of drug-likeness (QED) is 0.247. The first-order valence-corrected chi connectivity index (χ1v) is 10.00. The van der Waals surface area contributed by atoms with E-state index in [1.165, 1.54) is 6.21 Å². The molecule has 9 heteroatoms. The van der Waals surface area contributed by atoms with Crippen molar-refractivity contribution in [2.45, 2.75) is 20.4 Å². The molecule has 3 rings (SSSR count). The van der Waals surface area contributed by atoms with Crippen LogP contribution in [-0.4, -0.2) is 34.6 Å². The molecule has 0 aliphatic carbocycles. The third-order valence-electron chi connectivity index (χ3n) is 4.22. The number of rotatable bonds is 7. The third-order valence-corrected chi connectivity index (χ3v) is 4.75. The van der Waals surface area contributed by atoms with Gasteiger partial charge < -0.3 is 4.74 Å². The van der Waals surface area contributed by atoms with E-state index in [2.05, 4.69) is 26.2 Å². The number of aryl methyl sites for hydroxylation is 1. The van der Waals surface area contributed by atoms with Crippen molar-refractivity contribution in [1.82, 2.24) is 10.0 Å². The minimum absolute atomic E-state index is 0.0940. The zero-order chi connectivity index (χ0) is 21.7. The average Bonchev–Trinajstić information content (AvgIpc) is 3.03. The summed E-state index contributed by atoms with van der Waals surface area (Å²) in [5.74, 6) is -1.11. The van der Waals surface area contributed by atoms with E-state index in [0.29, 0.717) is 5.56 Å². The van der Waals surface area contributed by atoms with Crippen LogP contribution < -0.4 is 10.2 Å². The van der Waals surface area contributed by atoms with E-state index in [1.54, 1.807) is 31.2 Å². The van der Waals surface area contributed by atoms with Gasteiger partial charge in [-0.2, -0.15) is 0 Å². The number of ketones is 1. The van der Waals surface area contributed by atoms with E-state index in [9.17, 15) is 14.4 Å². The van der Waals surface area contributed by atoms with Gasteiger partial charge in [-0.3, -0.25) is 4.79 Å². The molecule has 1 N–H and O–H groups in total. The summed E-state index contributed by atoms with van der Waals surface area (Å²) < 4.78 is 6.97. The van der Waals surface area contributed by atoms with E-state index in [4.69, 9.17) is 4.74 Å². The predicted octanol–water partition coefficient (Wildman–Crippen LogP) is 2.48. The first-order valence-electron chi connectivity index (χ1n) is 9.21. The fourth-order valence-electron chi connectivity index (χ4n) is 2.66. The maximum Gasteiger partial charge on any atom is 0.434 e. The summed E-state index contributed by atoms with van der Waals surface area (Å²) in [6, 6.07) is 14.3. The standard InChI is InChI=1S/C21H19BrN4O4/c1-3-30-21(29)19-20(28)26(23-12-15-6-4-14(2)5-7-15)24-25(19)13-18(27)16-8-10-17(22)11-9-16/h4-12H,3,13H2,1-2H3/p+1/b23-12-. The molecule has 2 aromatic carbocycles. The number of Topliss-reactive ketones (excluding diaryl/α,β-unsaturated/α-hetero) is 1. The Morgan fingerprint density at radius 3 is 2.47 bits per heavy atom. The zero-order valence-electron chi connectivity index (χ0n) is 16.5. The molecule has 0 unspecified atom stereocenters. The molecule has 1 aromatic heterocycles. The van der Waals surface area contributed by atoms with Crippen LogP contribution in [0.15, 0.2) is 62.9 Å². The lowest BCUT2D eigenvalue weighted by atomic mass is 10.1. The molecule has 8 nitrogen and oxygen atoms in total. The third kappa shape index (κ3) is 4.98. The molecular formula is C21H20BrN4O4+. The molecule has 0 aliphatic heterocycles. The van der Waals surface area contributed by atoms with Crippen LogP contribution in [0.5, 0.6) is 0 Å². The van der Waals surface area contributed by atoms with Crippen LogP contribution >= 0.6 is 15.9 Å². The van der Waals surface area contributed by atoms with Crippen molar-refractivity contribution < 1.29 is 19.0 Å². The largest absolute Gasteiger partial charge is 0.459 e. The number of esters is 1. The zero-order valence-corrected chi connectivity index (χ0v) is 18.0. The number of ether oxygens (including phenoxy) is 1. The molecule has 0 fully saturated rings. The summed E-state index contributed by atoms with van der Waals surface area (Å²) in [5, 5.41) is 6.77. The van der Waals surface area contributed by atoms with Gasteiger partial charge in [0.2, 0.25) is 5.78 Å². The highest BCUT2D eigenvalue weighted by atomic mass is 79.9. The van der Waals surface area contributed by atoms with Crippen LogP contribution in [0.4, 0.5) is 0 Å². The maximum absolute atomic E-state index is 12.7. The smallest absolute Gasteiger partial charge is 0.434 e. The first-order chi connectivity index (χ1) is 14.4. The van der Waals surface area contributed by atoms with Gasteiger partial charge in [-0.25, -0.2) is 9.59 Å². The van der Waals surface area contributed by atoms with Crippen molar-refractivity contribution >= 4 is 33.9 Å². The normalized spacial score (nSPS) is 11.0. The number of hydrogen-bond acceptors (Lipinski definition) is 5. The average molecular weight is 472 g/mol. The highest BCUT2D eigenvalue weighted by molar-refractivity contribution is 9.10. The molecule has 0 bridgehead atoms. The van der Waals surface area contributed by atoms with Gasteiger partial charge in [0.05, 0.1) is 12.8 Å². The molecule has 0 radical (unpaired) electrons. The number of aromatic amines is 1. The number of H-pyrrole nitrogens is 1. The number of hydrogen-bond donors (Lipinski definition) is 1. The van der Waals surface area contributed by atoms with Gasteiger partial charge in [0.15, 0.2) is 6.54 Å². The van der Waals surface area contributed by atoms with Crippen LogP contribution in [0.25, 0.3) is 0 Å². The van der Waals surface area contributed by atoms with Gasteiger partial charge in [-0.05, 0) is 31.5 Å². The Labute approximate surface area is 180 Å². The van der Waals surface area contributed by atoms with Crippen LogP contribution in [0.1, 0.15) is 38.9 Å². The van der Waals surface area contributed by atoms with Crippen molar-refractivity contribution in [1.29, 1.82) is 0 Å². The summed E-state index contributed by atoms with van der Waals surface area (Å²) in [7, 11) is 0. The molecule has 0 aliphatic rings. The minimum Gasteiger partial charge on any atom is -0.459 e. The number of halogens is 1. The van der Waals surface area contributed by atoms with Gasteiger partial charge in [0, 0.05) is 14.8 Å². The summed E-state index contributed by atoms with van der Waals surface area (Å²) >= 11 is 3.32. The van der Waals surface area contributed by atoms with Crippen molar-refractivity contribution in [2.75, 3.05) is 6.61 Å². The lowest BCUT2D eigenvalue weighted by molar-refractivity contribution is -0.744. The lowest BCUT2D eigenvalue weighted by Crippen LogP contribution is -2.46. The Morgan fingerprint density at radius 2 is 1.83 bits per heavy atom. The molecule has 0 saturated carbocycles. The molecule has 0 saturated heterocycles. The molecule has 0 spiro atoms. The SMILES string of the molecule is CCOC(=O)c1c(=O)n(/N=C\c2ccc(C)cc2)[nH][n+]1CC(=O)c1ccc(Br)cc1. The predicted molar refractivity (Wildman–Crippen MR) is 114 cm³/mol. The van der Waals surface area contributed by atoms with E-state index in [1.807, 2.05) is 31.2 Å². The lowest BCUT2D eigenvalue weighted by Gasteiger charge is -2.01. The highest BCUT2D eigenvalue weighted by Gasteiger charge is 2.31. The first kappa shape index (κ1) is 21.4. The van der Waals surface area contributed by atoms with Crippen LogP contribution in [-0.2, 0) is 11.3 Å². The second-order valence-corrected chi connectivity index (χ2v) is 7.37. The Hall–Kier alpha value is -3.33. The number of carbonyl (C=O) groups excluding carboxylic acids is 2. The Morgan fingerprint density at radius 1 is 1.17 bits per heavy atom. The molecular weight excluding hydrogens is 452 g/mol. The number of aromatic nitrogens is 3. The maximum atomic E-state index is 12.7. The van der Waals surface area contributed by atoms with Gasteiger partial charge in [0.25, 0.3) is 0 Å². The van der Waals surface area contributed by atoms with Gasteiger partial charge in [-0.15, -0.1) is 4.68 Å². The van der Waals surface area contributed by atoms with Crippen molar-refractivity contribution in [3.63, 3.8) is 0 Å². The molecule has 154 valence electrons. The van der Waals surface area contributed by atoms with E-state index in [-0.39, 0.29) is 24.6 Å². The van der Waals surface area contributed by atoms with E-state index >= 15 is 0 Å². The number of benzene rings is 2. The van der Waals surface area contributed by atoms with Crippen LogP contribution in [0.3, 0.4) is 0 Å². The number of nitrogens with one attached hydrogen (secondary N) is 1. The van der Waals surface area contributed by atoms with Gasteiger partial charge in [-0.1, -0.05) is 68.2 Å². The molecule has 1 heterocycles. The second-order valence-electron chi connectivity index (χ2n) is 6.46. The second kappa shape index (κ2) is 9.45. The topological polar surface area (TPSA) is 97.4 Å². The molecule has 0 amide bonds. The summed E-state index contributed by atoms with van der Waals surface area (Å²) in [6.07, 6.45) is 1.48. The minimum atomic E-state index is -0.827. The van der Waals surface area contributed by atoms with Crippen molar-refractivity contribution in [2.24, 2.45) is 5.10 Å². The van der Waals surface area contributed by atoms with E-state index < -0.39 is 11.5 Å². The van der Waals surface area contributed by atoms with Crippen molar-refractivity contribution in [3.05, 3.63) is 85.7 Å². The fourth-order valence-corrected chi connectivity index (χ4v) is 2.93. The monoisotopic (exact) mass is 471 g/mol. The number of nitrogens with zero attached hydrogens (tertiary/aromatic N) is 3. The Kier molecular flexibility index (Phi) is 6.73. The van der Waals surface area contributed by atoms with Gasteiger partial charge in [0.1, 0.15) is 0 Å².